The Morgan fingerprint density at radius 1 is 1.29 bits per heavy atom. The van der Waals surface area contributed by atoms with Crippen LogP contribution in [0.2, 0.25) is 0 Å². The lowest BCUT2D eigenvalue weighted by Crippen LogP contribution is -2.45. The number of hydrogen-bond acceptors (Lipinski definition) is 3. The Morgan fingerprint density at radius 2 is 1.86 bits per heavy atom. The van der Waals surface area contributed by atoms with Crippen molar-refractivity contribution in [3.63, 3.8) is 0 Å². The van der Waals surface area contributed by atoms with Gasteiger partial charge in [-0.15, -0.1) is 0 Å². The average Bonchev–Trinajstić information content (AvgIpc) is 2.37. The van der Waals surface area contributed by atoms with Gasteiger partial charge in [0.15, 0.2) is 4.90 Å². The SMILES string of the molecule is C[C@H](N)[C@H]1CCCN(S(=O)(=O)c2c(F)cc(F)cc2F)C1. The van der Waals surface area contributed by atoms with E-state index in [-0.39, 0.29) is 25.0 Å². The molecule has 0 saturated carbocycles. The minimum Gasteiger partial charge on any atom is -0.328 e. The van der Waals surface area contributed by atoms with E-state index in [2.05, 4.69) is 0 Å². The van der Waals surface area contributed by atoms with E-state index in [1.54, 1.807) is 6.92 Å². The molecule has 1 aliphatic rings. The predicted molar refractivity (Wildman–Crippen MR) is 71.4 cm³/mol. The maximum absolute atomic E-state index is 13.7. The number of sulfonamides is 1. The second-order valence-corrected chi connectivity index (χ2v) is 7.20. The molecule has 4 nitrogen and oxygen atoms in total. The van der Waals surface area contributed by atoms with Crippen molar-refractivity contribution >= 4 is 10.0 Å². The lowest BCUT2D eigenvalue weighted by molar-refractivity contribution is 0.242. The van der Waals surface area contributed by atoms with Crippen LogP contribution < -0.4 is 5.73 Å². The van der Waals surface area contributed by atoms with Crippen LogP contribution in [-0.2, 0) is 10.0 Å². The summed E-state index contributed by atoms with van der Waals surface area (Å²) in [6.45, 7) is 2.04. The molecule has 1 aromatic carbocycles. The van der Waals surface area contributed by atoms with Crippen LogP contribution in [0.3, 0.4) is 0 Å². The van der Waals surface area contributed by atoms with Gasteiger partial charge in [0.2, 0.25) is 10.0 Å². The fourth-order valence-corrected chi connectivity index (χ4v) is 4.15. The first-order valence-corrected chi connectivity index (χ1v) is 8.07. The van der Waals surface area contributed by atoms with Crippen LogP contribution in [-0.4, -0.2) is 31.9 Å². The number of nitrogens with zero attached hydrogens (tertiary/aromatic N) is 1. The quantitative estimate of drug-likeness (QED) is 0.924. The van der Waals surface area contributed by atoms with E-state index in [1.807, 2.05) is 0 Å². The largest absolute Gasteiger partial charge is 0.328 e. The van der Waals surface area contributed by atoms with Gasteiger partial charge in [-0.25, -0.2) is 21.6 Å². The monoisotopic (exact) mass is 322 g/mol. The first-order chi connectivity index (χ1) is 9.73. The summed E-state index contributed by atoms with van der Waals surface area (Å²) in [6, 6.07) is 0.511. The third kappa shape index (κ3) is 3.22. The summed E-state index contributed by atoms with van der Waals surface area (Å²) in [5.74, 6) is -4.07. The van der Waals surface area contributed by atoms with Crippen molar-refractivity contribution in [2.75, 3.05) is 13.1 Å². The van der Waals surface area contributed by atoms with E-state index in [1.165, 1.54) is 0 Å². The van der Waals surface area contributed by atoms with Gasteiger partial charge in [0, 0.05) is 31.3 Å². The molecular formula is C13H17F3N2O2S. The van der Waals surface area contributed by atoms with E-state index in [0.29, 0.717) is 18.6 Å². The van der Waals surface area contributed by atoms with E-state index >= 15 is 0 Å². The molecule has 0 unspecified atom stereocenters. The molecule has 0 aromatic heterocycles. The number of piperidine rings is 1. The molecule has 21 heavy (non-hydrogen) atoms. The van der Waals surface area contributed by atoms with Crippen molar-refractivity contribution < 1.29 is 21.6 Å². The molecule has 1 heterocycles. The highest BCUT2D eigenvalue weighted by Gasteiger charge is 2.35. The highest BCUT2D eigenvalue weighted by Crippen LogP contribution is 2.28. The van der Waals surface area contributed by atoms with Gasteiger partial charge in [-0.3, -0.25) is 0 Å². The van der Waals surface area contributed by atoms with E-state index in [9.17, 15) is 21.6 Å². The van der Waals surface area contributed by atoms with E-state index in [0.717, 1.165) is 10.7 Å². The molecule has 0 radical (unpaired) electrons. The number of benzene rings is 1. The Kier molecular flexibility index (Phi) is 4.60. The molecule has 118 valence electrons. The zero-order valence-corrected chi connectivity index (χ0v) is 12.3. The molecule has 1 aromatic rings. The van der Waals surface area contributed by atoms with E-state index in [4.69, 9.17) is 5.73 Å². The summed E-state index contributed by atoms with van der Waals surface area (Å²) in [4.78, 5) is -1.10. The Bertz CT molecular complexity index is 611. The molecule has 0 spiro atoms. The summed E-state index contributed by atoms with van der Waals surface area (Å²) in [5.41, 5.74) is 5.77. The first kappa shape index (κ1) is 16.3. The average molecular weight is 322 g/mol. The molecule has 1 aliphatic heterocycles. The topological polar surface area (TPSA) is 63.4 Å². The van der Waals surface area contributed by atoms with Crippen molar-refractivity contribution in [2.24, 2.45) is 11.7 Å². The number of hydrogen-bond donors (Lipinski definition) is 1. The van der Waals surface area contributed by atoms with Crippen molar-refractivity contribution in [2.45, 2.75) is 30.7 Å². The lowest BCUT2D eigenvalue weighted by Gasteiger charge is -2.33. The maximum atomic E-state index is 13.7. The Labute approximate surface area is 121 Å². The van der Waals surface area contributed by atoms with E-state index < -0.39 is 32.4 Å². The van der Waals surface area contributed by atoms with Gasteiger partial charge in [-0.1, -0.05) is 0 Å². The first-order valence-electron chi connectivity index (χ1n) is 6.63. The summed E-state index contributed by atoms with van der Waals surface area (Å²) >= 11 is 0. The van der Waals surface area contributed by atoms with Crippen LogP contribution in [0.4, 0.5) is 13.2 Å². The summed E-state index contributed by atoms with van der Waals surface area (Å²) in [5, 5.41) is 0. The van der Waals surface area contributed by atoms with Crippen molar-refractivity contribution in [1.29, 1.82) is 0 Å². The van der Waals surface area contributed by atoms with Crippen LogP contribution in [0.15, 0.2) is 17.0 Å². The minimum absolute atomic E-state index is 0.0694. The summed E-state index contributed by atoms with van der Waals surface area (Å²) < 4.78 is 66.1. The van der Waals surface area contributed by atoms with Crippen LogP contribution in [0, 0.1) is 23.4 Å². The van der Waals surface area contributed by atoms with Crippen LogP contribution in [0.5, 0.6) is 0 Å². The third-order valence-electron chi connectivity index (χ3n) is 3.73. The lowest BCUT2D eigenvalue weighted by atomic mass is 9.93. The van der Waals surface area contributed by atoms with Crippen molar-refractivity contribution in [1.82, 2.24) is 4.31 Å². The molecule has 0 bridgehead atoms. The fourth-order valence-electron chi connectivity index (χ4n) is 2.53. The summed E-state index contributed by atoms with van der Waals surface area (Å²) in [7, 11) is -4.35. The van der Waals surface area contributed by atoms with Gasteiger partial charge in [0.1, 0.15) is 17.5 Å². The van der Waals surface area contributed by atoms with Gasteiger partial charge >= 0.3 is 0 Å². The minimum atomic E-state index is -4.35. The zero-order chi connectivity index (χ0) is 15.8. The fraction of sp³-hybridized carbons (Fsp3) is 0.538. The second-order valence-electron chi connectivity index (χ2n) is 5.32. The molecule has 1 fully saturated rings. The second kappa shape index (κ2) is 5.94. The molecule has 0 aliphatic carbocycles. The van der Waals surface area contributed by atoms with Gasteiger partial charge in [0.25, 0.3) is 0 Å². The maximum Gasteiger partial charge on any atom is 0.248 e. The molecule has 2 atom stereocenters. The van der Waals surface area contributed by atoms with Crippen LogP contribution >= 0.6 is 0 Å². The van der Waals surface area contributed by atoms with Gasteiger partial charge < -0.3 is 5.73 Å². The standard InChI is InChI=1S/C13H17F3N2O2S/c1-8(17)9-3-2-4-18(7-9)21(19,20)13-11(15)5-10(14)6-12(13)16/h5-6,8-9H,2-4,7,17H2,1H3/t8-,9-/m0/s1. The molecule has 2 rings (SSSR count). The smallest absolute Gasteiger partial charge is 0.248 e. The molecule has 8 heteroatoms. The Balaban J connectivity index is 2.39. The zero-order valence-electron chi connectivity index (χ0n) is 11.5. The molecule has 1 saturated heterocycles. The summed E-state index contributed by atoms with van der Waals surface area (Å²) in [6.07, 6.45) is 1.33. The normalized spacial score (nSPS) is 22.2. The third-order valence-corrected chi connectivity index (χ3v) is 5.64. The molecular weight excluding hydrogens is 305 g/mol. The number of halogens is 3. The van der Waals surface area contributed by atoms with Crippen molar-refractivity contribution in [3.05, 3.63) is 29.6 Å². The predicted octanol–water partition coefficient (Wildman–Crippen LogP) is 1.85. The highest BCUT2D eigenvalue weighted by molar-refractivity contribution is 7.89. The van der Waals surface area contributed by atoms with Crippen LogP contribution in [0.25, 0.3) is 0 Å². The Morgan fingerprint density at radius 3 is 2.38 bits per heavy atom. The van der Waals surface area contributed by atoms with Gasteiger partial charge in [-0.2, -0.15) is 4.31 Å². The molecule has 2 N–H and O–H groups in total. The Hall–Kier alpha value is -1.12. The van der Waals surface area contributed by atoms with Gasteiger partial charge in [-0.05, 0) is 25.7 Å². The highest BCUT2D eigenvalue weighted by atomic mass is 32.2. The van der Waals surface area contributed by atoms with Crippen LogP contribution in [0.1, 0.15) is 19.8 Å². The van der Waals surface area contributed by atoms with Gasteiger partial charge in [0.05, 0.1) is 0 Å². The molecule has 0 amide bonds. The number of rotatable bonds is 3. The van der Waals surface area contributed by atoms with Crippen molar-refractivity contribution in [3.8, 4) is 0 Å². The number of nitrogens with two attached hydrogens (primary N) is 1.